The molecule has 174 valence electrons. The Morgan fingerprint density at radius 3 is 1.71 bits per heavy atom. The number of rotatable bonds is 8. The van der Waals surface area contributed by atoms with Gasteiger partial charge in [0.2, 0.25) is 5.91 Å². The number of hydrogen-bond acceptors (Lipinski definition) is 5. The quantitative estimate of drug-likeness (QED) is 0.226. The van der Waals surface area contributed by atoms with Gasteiger partial charge in [-0.15, -0.1) is 11.8 Å². The molecule has 2 aliphatic heterocycles. The predicted octanol–water partition coefficient (Wildman–Crippen LogP) is 4.50. The highest BCUT2D eigenvalue weighted by molar-refractivity contribution is 8.01. The highest BCUT2D eigenvalue weighted by Crippen LogP contribution is 2.53. The fraction of sp³-hybridized carbons (Fsp3) is 0.286. The van der Waals surface area contributed by atoms with Crippen molar-refractivity contribution in [3.05, 3.63) is 108 Å². The van der Waals surface area contributed by atoms with Crippen molar-refractivity contribution in [3.8, 4) is 0 Å². The Hall–Kier alpha value is -3.09. The van der Waals surface area contributed by atoms with Gasteiger partial charge >= 0.3 is 5.97 Å². The van der Waals surface area contributed by atoms with Gasteiger partial charge in [0.1, 0.15) is 18.1 Å². The Balaban J connectivity index is 1.60. The van der Waals surface area contributed by atoms with Gasteiger partial charge in [-0.3, -0.25) is 9.59 Å². The molecular formula is C28H27NO4S. The lowest BCUT2D eigenvalue weighted by molar-refractivity contribution is -0.157. The van der Waals surface area contributed by atoms with Crippen LogP contribution >= 0.6 is 11.8 Å². The minimum atomic E-state index is -0.612. The van der Waals surface area contributed by atoms with E-state index in [2.05, 4.69) is 41.7 Å². The number of thioether (sulfide) groups is 1. The Morgan fingerprint density at radius 1 is 0.912 bits per heavy atom. The van der Waals surface area contributed by atoms with Crippen LogP contribution in [0.3, 0.4) is 0 Å². The summed E-state index contributed by atoms with van der Waals surface area (Å²) < 4.78 is 10.7. The van der Waals surface area contributed by atoms with Gasteiger partial charge in [0.25, 0.3) is 0 Å². The lowest BCUT2D eigenvalue weighted by Crippen LogP contribution is -2.63. The predicted molar refractivity (Wildman–Crippen MR) is 132 cm³/mol. The first-order valence-electron chi connectivity index (χ1n) is 11.5. The summed E-state index contributed by atoms with van der Waals surface area (Å²) in [6.07, 6.45) is -0.910. The van der Waals surface area contributed by atoms with Crippen LogP contribution in [0.15, 0.2) is 91.0 Å². The molecule has 1 amide bonds. The zero-order chi connectivity index (χ0) is 23.7. The maximum absolute atomic E-state index is 12.8. The first-order chi connectivity index (χ1) is 16.5. The fourth-order valence-electron chi connectivity index (χ4n) is 4.79. The minimum Gasteiger partial charge on any atom is -0.459 e. The smallest absolute Gasteiger partial charge is 0.303 e. The van der Waals surface area contributed by atoms with E-state index in [9.17, 15) is 9.59 Å². The Kier molecular flexibility index (Phi) is 6.19. The molecule has 3 aromatic carbocycles. The molecule has 6 heteroatoms. The van der Waals surface area contributed by atoms with Crippen LogP contribution in [0.2, 0.25) is 0 Å². The molecule has 2 saturated heterocycles. The van der Waals surface area contributed by atoms with Gasteiger partial charge in [0.05, 0.1) is 16.2 Å². The van der Waals surface area contributed by atoms with Crippen molar-refractivity contribution in [2.24, 2.45) is 5.92 Å². The third-order valence-corrected chi connectivity index (χ3v) is 8.22. The average Bonchev–Trinajstić information content (AvgIpc) is 3.59. The second-order valence-corrected chi connectivity index (χ2v) is 10.1. The van der Waals surface area contributed by atoms with E-state index in [-0.39, 0.29) is 23.5 Å². The maximum atomic E-state index is 12.8. The maximum Gasteiger partial charge on any atom is 0.303 e. The van der Waals surface area contributed by atoms with Crippen LogP contribution in [-0.4, -0.2) is 35.6 Å². The topological polar surface area (TPSA) is 67.9 Å². The number of carbonyl (C=O) groups is 2. The van der Waals surface area contributed by atoms with Gasteiger partial charge in [-0.2, -0.15) is 0 Å². The van der Waals surface area contributed by atoms with E-state index in [1.54, 1.807) is 11.8 Å². The number of β-lactam (4-membered cyclic amide) rings is 1. The Morgan fingerprint density at radius 2 is 1.35 bits per heavy atom. The van der Waals surface area contributed by atoms with Gasteiger partial charge in [-0.05, 0) is 23.6 Å². The number of benzene rings is 3. The molecule has 2 fully saturated rings. The minimum absolute atomic E-state index is 0.0365. The van der Waals surface area contributed by atoms with Gasteiger partial charge < -0.3 is 14.8 Å². The number of hydrogen-bond donors (Lipinski definition) is 1. The normalized spacial score (nSPS) is 24.5. The average molecular weight is 474 g/mol. The number of amides is 1. The van der Waals surface area contributed by atoms with Crippen LogP contribution in [0.5, 0.6) is 0 Å². The molecule has 0 aromatic heterocycles. The molecule has 5 rings (SSSR count). The lowest BCUT2D eigenvalue weighted by Gasteiger charge is -2.46. The molecule has 1 N–H and O–H groups in total. The van der Waals surface area contributed by atoms with E-state index in [4.69, 9.17) is 9.47 Å². The molecule has 0 spiro atoms. The molecule has 3 aromatic rings. The number of esters is 1. The van der Waals surface area contributed by atoms with E-state index < -0.39 is 22.7 Å². The van der Waals surface area contributed by atoms with Crippen molar-refractivity contribution in [3.63, 3.8) is 0 Å². The monoisotopic (exact) mass is 473 g/mol. The Bertz CT molecular complexity index is 1060. The standard InChI is InChI=1S/C28H27NO4S/c1-18-24(32-18)25(33-19(2)30)23-26(31)29-27(23)34-28(20-12-6-3-7-13-20,21-14-8-4-9-15-21)22-16-10-5-11-17-22/h3-18,23-25,27H,1-2H3,(H,29,31). The van der Waals surface area contributed by atoms with Crippen LogP contribution < -0.4 is 5.32 Å². The molecule has 2 heterocycles. The highest BCUT2D eigenvalue weighted by atomic mass is 32.2. The number of ether oxygens (including phenoxy) is 2. The third-order valence-electron chi connectivity index (χ3n) is 6.50. The molecule has 0 bridgehead atoms. The van der Waals surface area contributed by atoms with Crippen molar-refractivity contribution in [2.45, 2.75) is 42.3 Å². The second kappa shape index (κ2) is 9.28. The Labute approximate surface area is 203 Å². The molecule has 5 unspecified atom stereocenters. The second-order valence-electron chi connectivity index (χ2n) is 8.73. The van der Waals surface area contributed by atoms with Crippen LogP contribution in [0.1, 0.15) is 30.5 Å². The summed E-state index contributed by atoms with van der Waals surface area (Å²) in [7, 11) is 0. The summed E-state index contributed by atoms with van der Waals surface area (Å²) in [6, 6.07) is 31.0. The lowest BCUT2D eigenvalue weighted by atomic mass is 9.84. The summed E-state index contributed by atoms with van der Waals surface area (Å²) in [6.45, 7) is 3.31. The van der Waals surface area contributed by atoms with Crippen molar-refractivity contribution >= 4 is 23.6 Å². The summed E-state index contributed by atoms with van der Waals surface area (Å²) in [5.74, 6) is -1.02. The van der Waals surface area contributed by atoms with Gasteiger partial charge in [-0.25, -0.2) is 0 Å². The fourth-order valence-corrected chi connectivity index (χ4v) is 6.59. The van der Waals surface area contributed by atoms with E-state index in [1.807, 2.05) is 61.5 Å². The largest absolute Gasteiger partial charge is 0.459 e. The van der Waals surface area contributed by atoms with E-state index >= 15 is 0 Å². The summed E-state index contributed by atoms with van der Waals surface area (Å²) in [4.78, 5) is 24.7. The zero-order valence-electron chi connectivity index (χ0n) is 19.1. The van der Waals surface area contributed by atoms with E-state index in [1.165, 1.54) is 6.92 Å². The van der Waals surface area contributed by atoms with E-state index in [0.717, 1.165) is 16.7 Å². The SMILES string of the molecule is CC(=O)OC(C1OC1C)C1C(=O)NC1SC(c1ccccc1)(c1ccccc1)c1ccccc1. The van der Waals surface area contributed by atoms with Crippen LogP contribution in [0, 0.1) is 5.92 Å². The van der Waals surface area contributed by atoms with Crippen LogP contribution in [0.4, 0.5) is 0 Å². The van der Waals surface area contributed by atoms with Crippen LogP contribution in [-0.2, 0) is 23.8 Å². The molecule has 2 aliphatic rings. The molecule has 5 nitrogen and oxygen atoms in total. The molecule has 0 saturated carbocycles. The van der Waals surface area contributed by atoms with Crippen LogP contribution in [0.25, 0.3) is 0 Å². The highest BCUT2D eigenvalue weighted by Gasteiger charge is 2.58. The van der Waals surface area contributed by atoms with Crippen molar-refractivity contribution in [1.29, 1.82) is 0 Å². The molecule has 0 radical (unpaired) electrons. The van der Waals surface area contributed by atoms with Gasteiger partial charge in [0, 0.05) is 6.92 Å². The molecule has 0 aliphatic carbocycles. The number of carbonyl (C=O) groups excluding carboxylic acids is 2. The zero-order valence-corrected chi connectivity index (χ0v) is 19.9. The third kappa shape index (κ3) is 4.12. The summed E-state index contributed by atoms with van der Waals surface area (Å²) in [5.41, 5.74) is 3.33. The molecular weight excluding hydrogens is 446 g/mol. The van der Waals surface area contributed by atoms with Crippen molar-refractivity contribution < 1.29 is 19.1 Å². The van der Waals surface area contributed by atoms with Crippen molar-refractivity contribution in [1.82, 2.24) is 5.32 Å². The summed E-state index contributed by atoms with van der Waals surface area (Å²) >= 11 is 1.67. The first-order valence-corrected chi connectivity index (χ1v) is 12.4. The molecule has 34 heavy (non-hydrogen) atoms. The number of epoxide rings is 1. The van der Waals surface area contributed by atoms with Crippen molar-refractivity contribution in [2.75, 3.05) is 0 Å². The van der Waals surface area contributed by atoms with Gasteiger partial charge in [0.15, 0.2) is 0 Å². The van der Waals surface area contributed by atoms with Gasteiger partial charge in [-0.1, -0.05) is 91.0 Å². The van der Waals surface area contributed by atoms with E-state index in [0.29, 0.717) is 0 Å². The first kappa shape index (κ1) is 22.7. The summed E-state index contributed by atoms with van der Waals surface area (Å²) in [5, 5.41) is 2.82. The molecule has 5 atom stereocenters. The number of nitrogens with one attached hydrogen (secondary N) is 1.